The van der Waals surface area contributed by atoms with Gasteiger partial charge in [-0.2, -0.15) is 0 Å². The van der Waals surface area contributed by atoms with Crippen LogP contribution in [0.2, 0.25) is 0 Å². The molecule has 3 rings (SSSR count). The maximum atomic E-state index is 9.85. The van der Waals surface area contributed by atoms with E-state index in [1.54, 1.807) is 28.4 Å². The molecule has 0 unspecified atom stereocenters. The first-order chi connectivity index (χ1) is 14.5. The molecule has 0 bridgehead atoms. The van der Waals surface area contributed by atoms with E-state index in [0.29, 0.717) is 34.5 Å². The Balaban J connectivity index is 2.21. The van der Waals surface area contributed by atoms with E-state index in [1.165, 1.54) is 0 Å². The maximum absolute atomic E-state index is 9.85. The predicted molar refractivity (Wildman–Crippen MR) is 112 cm³/mol. The maximum Gasteiger partial charge on any atom is 0.231 e. The van der Waals surface area contributed by atoms with Crippen LogP contribution in [-0.2, 0) is 0 Å². The third-order valence-corrected chi connectivity index (χ3v) is 5.80. The number of fused-ring (bicyclic) bond motifs is 1. The second-order valence-electron chi connectivity index (χ2n) is 7.41. The average molecular weight is 418 g/mol. The minimum absolute atomic E-state index is 0.0468. The first kappa shape index (κ1) is 21.9. The van der Waals surface area contributed by atoms with Gasteiger partial charge in [0, 0.05) is 12.5 Å². The molecule has 0 aliphatic carbocycles. The number of methoxy groups -OCH3 is 4. The number of hydrogen-bond acceptors (Lipinski definition) is 7. The monoisotopic (exact) mass is 418 g/mol. The van der Waals surface area contributed by atoms with Crippen molar-refractivity contribution in [3.05, 3.63) is 35.4 Å². The smallest absolute Gasteiger partial charge is 0.231 e. The van der Waals surface area contributed by atoms with Crippen LogP contribution in [0.4, 0.5) is 0 Å². The minimum Gasteiger partial charge on any atom is -0.493 e. The van der Waals surface area contributed by atoms with Crippen LogP contribution in [0.15, 0.2) is 24.3 Å². The molecule has 2 aromatic rings. The summed E-state index contributed by atoms with van der Waals surface area (Å²) >= 11 is 0. The number of hydrogen-bond donors (Lipinski definition) is 1. The lowest BCUT2D eigenvalue weighted by Gasteiger charge is -2.30. The molecule has 0 saturated carbocycles. The molecule has 0 radical (unpaired) electrons. The van der Waals surface area contributed by atoms with Gasteiger partial charge in [-0.3, -0.25) is 0 Å². The van der Waals surface area contributed by atoms with E-state index in [1.807, 2.05) is 31.2 Å². The summed E-state index contributed by atoms with van der Waals surface area (Å²) < 4.78 is 33.4. The molecule has 30 heavy (non-hydrogen) atoms. The Labute approximate surface area is 177 Å². The van der Waals surface area contributed by atoms with Gasteiger partial charge in [0.15, 0.2) is 23.0 Å². The van der Waals surface area contributed by atoms with Gasteiger partial charge < -0.3 is 33.5 Å². The lowest BCUT2D eigenvalue weighted by molar-refractivity contribution is 0.171. The zero-order chi connectivity index (χ0) is 21.8. The predicted octanol–water partition coefficient (Wildman–Crippen LogP) is 3.85. The van der Waals surface area contributed by atoms with Crippen LogP contribution in [0.25, 0.3) is 0 Å². The Kier molecular flexibility index (Phi) is 6.82. The van der Waals surface area contributed by atoms with Crippen LogP contribution in [0.5, 0.6) is 34.5 Å². The fourth-order valence-electron chi connectivity index (χ4n) is 3.90. The van der Waals surface area contributed by atoms with Crippen molar-refractivity contribution in [2.75, 3.05) is 41.8 Å². The number of aliphatic hydroxyl groups excluding tert-OH is 1. The molecule has 0 aromatic heterocycles. The van der Waals surface area contributed by atoms with Gasteiger partial charge in [0.2, 0.25) is 18.3 Å². The molecule has 0 fully saturated rings. The first-order valence-corrected chi connectivity index (χ1v) is 9.87. The summed E-state index contributed by atoms with van der Waals surface area (Å²) in [4.78, 5) is 0. The molecule has 1 heterocycles. The fourth-order valence-corrected chi connectivity index (χ4v) is 3.90. The van der Waals surface area contributed by atoms with Crippen molar-refractivity contribution in [2.45, 2.75) is 19.8 Å². The van der Waals surface area contributed by atoms with Crippen molar-refractivity contribution >= 4 is 0 Å². The summed E-state index contributed by atoms with van der Waals surface area (Å²) in [5.41, 5.74) is 1.95. The van der Waals surface area contributed by atoms with E-state index < -0.39 is 0 Å². The molecular weight excluding hydrogens is 388 g/mol. The summed E-state index contributed by atoms with van der Waals surface area (Å²) in [5.74, 6) is 3.59. The largest absolute Gasteiger partial charge is 0.493 e. The summed E-state index contributed by atoms with van der Waals surface area (Å²) in [5, 5.41) is 9.85. The van der Waals surface area contributed by atoms with Crippen molar-refractivity contribution < 1.29 is 33.5 Å². The second-order valence-corrected chi connectivity index (χ2v) is 7.41. The van der Waals surface area contributed by atoms with Crippen LogP contribution >= 0.6 is 0 Å². The van der Waals surface area contributed by atoms with Gasteiger partial charge in [-0.25, -0.2) is 0 Å². The molecule has 164 valence electrons. The van der Waals surface area contributed by atoms with Gasteiger partial charge in [0.25, 0.3) is 0 Å². The van der Waals surface area contributed by atoms with Gasteiger partial charge in [0.05, 0.1) is 28.4 Å². The molecule has 1 aliphatic heterocycles. The molecular formula is C23H30O7. The SMILES string of the molecule is COc1cc([C@@H](c2cc(OC)c3c(c2)OCO3)[C@H](C)[C@H](C)CO)cc(OC)c1OC. The zero-order valence-electron chi connectivity index (χ0n) is 18.4. The van der Waals surface area contributed by atoms with E-state index in [0.717, 1.165) is 11.1 Å². The van der Waals surface area contributed by atoms with Crippen molar-refractivity contribution in [3.8, 4) is 34.5 Å². The number of rotatable bonds is 9. The van der Waals surface area contributed by atoms with E-state index in [2.05, 4.69) is 6.92 Å². The fraction of sp³-hybridized carbons (Fsp3) is 0.478. The summed E-state index contributed by atoms with van der Waals surface area (Å²) in [6.45, 7) is 4.38. The Hall–Kier alpha value is -2.80. The van der Waals surface area contributed by atoms with E-state index >= 15 is 0 Å². The second kappa shape index (κ2) is 9.34. The highest BCUT2D eigenvalue weighted by molar-refractivity contribution is 5.59. The quantitative estimate of drug-likeness (QED) is 0.663. The summed E-state index contributed by atoms with van der Waals surface area (Å²) in [6.07, 6.45) is 0. The Morgan fingerprint density at radius 1 is 0.833 bits per heavy atom. The number of aliphatic hydroxyl groups is 1. The van der Waals surface area contributed by atoms with Crippen molar-refractivity contribution in [3.63, 3.8) is 0 Å². The van der Waals surface area contributed by atoms with Crippen LogP contribution in [0.1, 0.15) is 30.9 Å². The van der Waals surface area contributed by atoms with Gasteiger partial charge in [0.1, 0.15) is 0 Å². The van der Waals surface area contributed by atoms with Crippen molar-refractivity contribution in [2.24, 2.45) is 11.8 Å². The molecule has 2 aromatic carbocycles. The van der Waals surface area contributed by atoms with Crippen LogP contribution in [0, 0.1) is 11.8 Å². The standard InChI is InChI=1S/C23H30O7/c1-13(11-24)14(2)21(15-7-17(25-3)22(28-6)18(8-15)26-4)16-9-19(27-5)23-20(10-16)29-12-30-23/h7-10,13-14,21,24H,11-12H2,1-6H3/t13-,14-,21+/m1/s1. The van der Waals surface area contributed by atoms with E-state index in [-0.39, 0.29) is 31.2 Å². The van der Waals surface area contributed by atoms with Gasteiger partial charge in [-0.1, -0.05) is 13.8 Å². The zero-order valence-corrected chi connectivity index (χ0v) is 18.4. The molecule has 7 nitrogen and oxygen atoms in total. The highest BCUT2D eigenvalue weighted by atomic mass is 16.7. The summed E-state index contributed by atoms with van der Waals surface area (Å²) in [6, 6.07) is 7.83. The van der Waals surface area contributed by atoms with Gasteiger partial charge in [-0.05, 0) is 47.2 Å². The number of benzene rings is 2. The van der Waals surface area contributed by atoms with Gasteiger partial charge in [-0.15, -0.1) is 0 Å². The third-order valence-electron chi connectivity index (χ3n) is 5.80. The highest BCUT2D eigenvalue weighted by Crippen LogP contribution is 2.48. The molecule has 7 heteroatoms. The Bertz CT molecular complexity index is 855. The average Bonchev–Trinajstić information content (AvgIpc) is 3.25. The van der Waals surface area contributed by atoms with Crippen LogP contribution in [0.3, 0.4) is 0 Å². The molecule has 0 amide bonds. The van der Waals surface area contributed by atoms with E-state index in [9.17, 15) is 5.11 Å². The van der Waals surface area contributed by atoms with Crippen molar-refractivity contribution in [1.82, 2.24) is 0 Å². The summed E-state index contributed by atoms with van der Waals surface area (Å²) in [7, 11) is 6.38. The Morgan fingerprint density at radius 3 is 1.93 bits per heavy atom. The lowest BCUT2D eigenvalue weighted by atomic mass is 9.76. The third kappa shape index (κ3) is 3.94. The lowest BCUT2D eigenvalue weighted by Crippen LogP contribution is -2.21. The molecule has 0 spiro atoms. The first-order valence-electron chi connectivity index (χ1n) is 9.87. The van der Waals surface area contributed by atoms with E-state index in [4.69, 9.17) is 28.4 Å². The molecule has 0 saturated heterocycles. The molecule has 3 atom stereocenters. The minimum atomic E-state index is -0.0933. The normalized spacial score (nSPS) is 15.3. The highest BCUT2D eigenvalue weighted by Gasteiger charge is 2.31. The molecule has 1 N–H and O–H groups in total. The Morgan fingerprint density at radius 2 is 1.40 bits per heavy atom. The number of ether oxygens (including phenoxy) is 6. The van der Waals surface area contributed by atoms with Gasteiger partial charge >= 0.3 is 0 Å². The van der Waals surface area contributed by atoms with Crippen LogP contribution < -0.4 is 28.4 Å². The van der Waals surface area contributed by atoms with Crippen LogP contribution in [-0.4, -0.2) is 46.9 Å². The van der Waals surface area contributed by atoms with Crippen molar-refractivity contribution in [1.29, 1.82) is 0 Å². The molecule has 1 aliphatic rings. The topological polar surface area (TPSA) is 75.6 Å².